The molecule has 0 aliphatic carbocycles. The average molecular weight is 431 g/mol. The SMILES string of the molecule is Cc1ccc(-n2c(=O)c3sc4ccccc4c3n(Cc3cccc(F)c3)c2=O)cc1C. The van der Waals surface area contributed by atoms with E-state index in [0.29, 0.717) is 21.5 Å². The minimum atomic E-state index is -0.437. The number of hydrogen-bond acceptors (Lipinski definition) is 3. The van der Waals surface area contributed by atoms with Crippen molar-refractivity contribution in [2.24, 2.45) is 0 Å². The Bertz CT molecular complexity index is 1590. The summed E-state index contributed by atoms with van der Waals surface area (Å²) in [6, 6.07) is 19.4. The van der Waals surface area contributed by atoms with Gasteiger partial charge in [0, 0.05) is 10.1 Å². The quantitative estimate of drug-likeness (QED) is 0.396. The Hall–Kier alpha value is -3.51. The van der Waals surface area contributed by atoms with Crippen LogP contribution in [0.3, 0.4) is 0 Å². The first-order chi connectivity index (χ1) is 14.9. The third kappa shape index (κ3) is 3.20. The van der Waals surface area contributed by atoms with Gasteiger partial charge in [0.15, 0.2) is 0 Å². The van der Waals surface area contributed by atoms with E-state index < -0.39 is 5.69 Å². The molecule has 154 valence electrons. The van der Waals surface area contributed by atoms with E-state index in [9.17, 15) is 14.0 Å². The molecule has 5 aromatic rings. The number of aryl methyl sites for hydroxylation is 2. The lowest BCUT2D eigenvalue weighted by Crippen LogP contribution is -2.38. The molecule has 2 aromatic heterocycles. The Morgan fingerprint density at radius 3 is 2.48 bits per heavy atom. The normalized spacial score (nSPS) is 11.5. The maximum atomic E-state index is 13.8. The van der Waals surface area contributed by atoms with Crippen molar-refractivity contribution in [1.29, 1.82) is 0 Å². The van der Waals surface area contributed by atoms with Crippen LogP contribution in [0.15, 0.2) is 76.3 Å². The molecule has 2 heterocycles. The van der Waals surface area contributed by atoms with E-state index in [1.54, 1.807) is 22.8 Å². The largest absolute Gasteiger partial charge is 0.336 e. The van der Waals surface area contributed by atoms with E-state index in [2.05, 4.69) is 0 Å². The second-order valence-corrected chi connectivity index (χ2v) is 8.74. The molecule has 0 saturated heterocycles. The zero-order valence-corrected chi connectivity index (χ0v) is 17.9. The molecule has 5 rings (SSSR count). The van der Waals surface area contributed by atoms with Crippen molar-refractivity contribution in [1.82, 2.24) is 9.13 Å². The summed E-state index contributed by atoms with van der Waals surface area (Å²) < 4.78 is 18.1. The molecule has 0 unspecified atom stereocenters. The summed E-state index contributed by atoms with van der Waals surface area (Å²) in [5.74, 6) is -0.362. The van der Waals surface area contributed by atoms with Gasteiger partial charge in [0.25, 0.3) is 5.56 Å². The first kappa shape index (κ1) is 19.5. The lowest BCUT2D eigenvalue weighted by molar-refractivity contribution is 0.622. The molecule has 0 aliphatic heterocycles. The Balaban J connectivity index is 1.89. The molecule has 6 heteroatoms. The molecule has 0 aliphatic rings. The van der Waals surface area contributed by atoms with Gasteiger partial charge in [-0.2, -0.15) is 0 Å². The Morgan fingerprint density at radius 1 is 0.903 bits per heavy atom. The van der Waals surface area contributed by atoms with Crippen LogP contribution in [-0.4, -0.2) is 9.13 Å². The monoisotopic (exact) mass is 430 g/mol. The van der Waals surface area contributed by atoms with Crippen LogP contribution in [0.5, 0.6) is 0 Å². The van der Waals surface area contributed by atoms with E-state index in [1.165, 1.54) is 28.0 Å². The van der Waals surface area contributed by atoms with Crippen molar-refractivity contribution in [2.45, 2.75) is 20.4 Å². The van der Waals surface area contributed by atoms with Crippen molar-refractivity contribution in [3.63, 3.8) is 0 Å². The number of rotatable bonds is 3. The number of hydrogen-bond donors (Lipinski definition) is 0. The lowest BCUT2D eigenvalue weighted by Gasteiger charge is -2.14. The zero-order chi connectivity index (χ0) is 21.7. The summed E-state index contributed by atoms with van der Waals surface area (Å²) in [4.78, 5) is 27.1. The minimum absolute atomic E-state index is 0.166. The van der Waals surface area contributed by atoms with Crippen LogP contribution in [0.2, 0.25) is 0 Å². The Morgan fingerprint density at radius 2 is 1.71 bits per heavy atom. The van der Waals surface area contributed by atoms with Gasteiger partial charge in [-0.3, -0.25) is 9.36 Å². The Labute approximate surface area is 181 Å². The smallest absolute Gasteiger partial charge is 0.287 e. The maximum absolute atomic E-state index is 13.8. The molecule has 0 bridgehead atoms. The highest BCUT2D eigenvalue weighted by Gasteiger charge is 2.19. The van der Waals surface area contributed by atoms with Gasteiger partial charge >= 0.3 is 5.69 Å². The van der Waals surface area contributed by atoms with Gasteiger partial charge in [0.2, 0.25) is 0 Å². The topological polar surface area (TPSA) is 44.0 Å². The fourth-order valence-electron chi connectivity index (χ4n) is 3.91. The summed E-state index contributed by atoms with van der Waals surface area (Å²) in [6.07, 6.45) is 0. The molecule has 0 radical (unpaired) electrons. The van der Waals surface area contributed by atoms with Crippen LogP contribution < -0.4 is 11.2 Å². The van der Waals surface area contributed by atoms with Gasteiger partial charge in [-0.15, -0.1) is 11.3 Å². The van der Waals surface area contributed by atoms with Crippen LogP contribution >= 0.6 is 11.3 Å². The van der Waals surface area contributed by atoms with Crippen molar-refractivity contribution in [2.75, 3.05) is 0 Å². The number of aromatic nitrogens is 2. The summed E-state index contributed by atoms with van der Waals surface area (Å²) >= 11 is 1.37. The van der Waals surface area contributed by atoms with Gasteiger partial charge < -0.3 is 0 Å². The predicted octanol–water partition coefficient (Wildman–Crippen LogP) is 5.17. The standard InChI is InChI=1S/C25H19FN2O2S/c1-15-10-11-19(12-16(15)2)28-24(29)23-22(20-8-3-4-9-21(20)31-23)27(25(28)30)14-17-6-5-7-18(26)13-17/h3-13H,14H2,1-2H3. The van der Waals surface area contributed by atoms with Crippen LogP contribution in [0.4, 0.5) is 4.39 Å². The highest BCUT2D eigenvalue weighted by molar-refractivity contribution is 7.25. The van der Waals surface area contributed by atoms with Crippen LogP contribution in [0, 0.1) is 19.7 Å². The third-order valence-corrected chi connectivity index (χ3v) is 6.79. The first-order valence-electron chi connectivity index (χ1n) is 9.93. The summed E-state index contributed by atoms with van der Waals surface area (Å²) in [6.45, 7) is 4.10. The van der Waals surface area contributed by atoms with Crippen LogP contribution in [-0.2, 0) is 6.54 Å². The molecule has 0 spiro atoms. The first-order valence-corrected chi connectivity index (χ1v) is 10.7. The summed E-state index contributed by atoms with van der Waals surface area (Å²) in [5, 5.41) is 0.848. The number of nitrogens with zero attached hydrogens (tertiary/aromatic N) is 2. The third-order valence-electron chi connectivity index (χ3n) is 5.64. The van der Waals surface area contributed by atoms with Crippen molar-refractivity contribution < 1.29 is 4.39 Å². The Kier molecular flexibility index (Phi) is 4.59. The number of benzene rings is 3. The fourth-order valence-corrected chi connectivity index (χ4v) is 5.04. The fraction of sp³-hybridized carbons (Fsp3) is 0.120. The molecule has 0 atom stereocenters. The highest BCUT2D eigenvalue weighted by atomic mass is 32.1. The van der Waals surface area contributed by atoms with E-state index in [4.69, 9.17) is 0 Å². The molecular weight excluding hydrogens is 411 g/mol. The number of thiophene rings is 1. The molecule has 0 fully saturated rings. The molecular formula is C25H19FN2O2S. The van der Waals surface area contributed by atoms with Gasteiger partial charge in [0.05, 0.1) is 17.7 Å². The molecule has 3 aromatic carbocycles. The van der Waals surface area contributed by atoms with E-state index in [-0.39, 0.29) is 17.9 Å². The van der Waals surface area contributed by atoms with Crippen LogP contribution in [0.25, 0.3) is 26.0 Å². The van der Waals surface area contributed by atoms with E-state index in [0.717, 1.165) is 21.2 Å². The average Bonchev–Trinajstić information content (AvgIpc) is 3.14. The molecule has 0 N–H and O–H groups in total. The number of halogens is 1. The lowest BCUT2D eigenvalue weighted by atomic mass is 10.1. The molecule has 31 heavy (non-hydrogen) atoms. The number of fused-ring (bicyclic) bond motifs is 3. The molecule has 4 nitrogen and oxygen atoms in total. The van der Waals surface area contributed by atoms with Gasteiger partial charge in [-0.05, 0) is 60.9 Å². The molecule has 0 saturated carbocycles. The van der Waals surface area contributed by atoms with E-state index in [1.807, 2.05) is 50.2 Å². The van der Waals surface area contributed by atoms with Gasteiger partial charge in [0.1, 0.15) is 10.5 Å². The van der Waals surface area contributed by atoms with Crippen molar-refractivity contribution in [3.05, 3.63) is 110 Å². The summed E-state index contributed by atoms with van der Waals surface area (Å²) in [5.41, 5.74) is 3.10. The zero-order valence-electron chi connectivity index (χ0n) is 17.1. The minimum Gasteiger partial charge on any atom is -0.287 e. The summed E-state index contributed by atoms with van der Waals surface area (Å²) in [7, 11) is 0. The van der Waals surface area contributed by atoms with Crippen molar-refractivity contribution in [3.8, 4) is 5.69 Å². The predicted molar refractivity (Wildman–Crippen MR) is 124 cm³/mol. The second kappa shape index (κ2) is 7.32. The highest BCUT2D eigenvalue weighted by Crippen LogP contribution is 2.31. The van der Waals surface area contributed by atoms with Gasteiger partial charge in [-0.25, -0.2) is 13.8 Å². The molecule has 0 amide bonds. The van der Waals surface area contributed by atoms with Crippen LogP contribution in [0.1, 0.15) is 16.7 Å². The second-order valence-electron chi connectivity index (χ2n) is 7.68. The van der Waals surface area contributed by atoms with Gasteiger partial charge in [-0.1, -0.05) is 36.4 Å². The van der Waals surface area contributed by atoms with E-state index >= 15 is 0 Å². The van der Waals surface area contributed by atoms with Crippen molar-refractivity contribution >= 4 is 31.6 Å². The maximum Gasteiger partial charge on any atom is 0.336 e.